The number of aliphatic hydroxyl groups is 1. The van der Waals surface area contributed by atoms with Gasteiger partial charge in [-0.2, -0.15) is 0 Å². The van der Waals surface area contributed by atoms with Crippen molar-refractivity contribution in [1.82, 2.24) is 0 Å². The third-order valence-electron chi connectivity index (χ3n) is 6.45. The summed E-state index contributed by atoms with van der Waals surface area (Å²) in [6, 6.07) is 21.1. The van der Waals surface area contributed by atoms with Crippen LogP contribution in [-0.4, -0.2) is 30.5 Å². The molecule has 0 saturated carbocycles. The zero-order valence-corrected chi connectivity index (χ0v) is 21.9. The molecule has 3 aromatic carbocycles. The zero-order chi connectivity index (χ0) is 26.7. The van der Waals surface area contributed by atoms with Crippen LogP contribution in [-0.2, 0) is 15.0 Å². The summed E-state index contributed by atoms with van der Waals surface area (Å²) in [6.07, 6.45) is 0.841. The molecule has 1 saturated heterocycles. The van der Waals surface area contributed by atoms with Crippen LogP contribution in [0.5, 0.6) is 11.5 Å². The topological polar surface area (TPSA) is 76.1 Å². The zero-order valence-electron chi connectivity index (χ0n) is 21.9. The first-order valence-electron chi connectivity index (χ1n) is 12.4. The first kappa shape index (κ1) is 26.0. The summed E-state index contributed by atoms with van der Waals surface area (Å²) in [6.45, 7) is 8.74. The van der Waals surface area contributed by atoms with Gasteiger partial charge < -0.3 is 14.6 Å². The molecule has 192 valence electrons. The van der Waals surface area contributed by atoms with E-state index in [-0.39, 0.29) is 16.7 Å². The number of ketones is 1. The Bertz CT molecular complexity index is 1340. The normalized spacial score (nSPS) is 17.2. The van der Waals surface area contributed by atoms with Gasteiger partial charge in [-0.1, -0.05) is 70.2 Å². The van der Waals surface area contributed by atoms with Crippen molar-refractivity contribution in [2.45, 2.75) is 45.6 Å². The van der Waals surface area contributed by atoms with E-state index >= 15 is 0 Å². The van der Waals surface area contributed by atoms with Gasteiger partial charge in [-0.25, -0.2) is 0 Å². The van der Waals surface area contributed by atoms with Crippen LogP contribution in [0.3, 0.4) is 0 Å². The number of Topliss-reactive ketones (excluding diaryl/α,β-unsaturated/α-hetero) is 1. The number of hydrogen-bond acceptors (Lipinski definition) is 5. The monoisotopic (exact) mass is 499 g/mol. The van der Waals surface area contributed by atoms with E-state index in [0.29, 0.717) is 34.9 Å². The summed E-state index contributed by atoms with van der Waals surface area (Å²) in [5, 5.41) is 11.7. The molecule has 1 aliphatic heterocycles. The highest BCUT2D eigenvalue weighted by atomic mass is 16.5. The van der Waals surface area contributed by atoms with Crippen LogP contribution < -0.4 is 14.4 Å². The number of benzene rings is 3. The first-order valence-corrected chi connectivity index (χ1v) is 12.4. The first-order chi connectivity index (χ1) is 17.7. The van der Waals surface area contributed by atoms with E-state index < -0.39 is 17.7 Å². The molecule has 0 spiro atoms. The molecule has 1 fully saturated rings. The van der Waals surface area contributed by atoms with E-state index in [2.05, 4.69) is 20.8 Å². The minimum Gasteiger partial charge on any atom is -0.507 e. The molecule has 4 rings (SSSR count). The molecule has 6 heteroatoms. The molecule has 1 heterocycles. The fourth-order valence-corrected chi connectivity index (χ4v) is 4.50. The fraction of sp³-hybridized carbons (Fsp3) is 0.290. The summed E-state index contributed by atoms with van der Waals surface area (Å²) in [5.74, 6) is -0.717. The maximum Gasteiger partial charge on any atom is 0.300 e. The van der Waals surface area contributed by atoms with Gasteiger partial charge in [0.15, 0.2) is 0 Å². The number of aliphatic hydroxyl groups excluding tert-OH is 1. The number of ether oxygens (including phenoxy) is 2. The molecule has 37 heavy (non-hydrogen) atoms. The molecule has 0 aromatic heterocycles. The van der Waals surface area contributed by atoms with Crippen molar-refractivity contribution in [1.29, 1.82) is 0 Å². The Kier molecular flexibility index (Phi) is 7.39. The lowest BCUT2D eigenvalue weighted by Crippen LogP contribution is -2.29. The molecule has 0 aliphatic carbocycles. The second-order valence-electron chi connectivity index (χ2n) is 10.1. The number of anilines is 1. The van der Waals surface area contributed by atoms with Gasteiger partial charge >= 0.3 is 0 Å². The highest BCUT2D eigenvalue weighted by molar-refractivity contribution is 6.51. The van der Waals surface area contributed by atoms with Crippen LogP contribution in [0.25, 0.3) is 5.76 Å². The van der Waals surface area contributed by atoms with Gasteiger partial charge in [-0.15, -0.1) is 0 Å². The Morgan fingerprint density at radius 2 is 1.70 bits per heavy atom. The van der Waals surface area contributed by atoms with E-state index in [4.69, 9.17) is 9.47 Å². The van der Waals surface area contributed by atoms with Crippen LogP contribution in [0.4, 0.5) is 5.69 Å². The standard InChI is InChI=1S/C31H33NO5/c1-6-17-37-23-14-10-13-22(19-23)32-27(20-11-8-7-9-12-20)26(29(34)30(32)35)28(33)24-18-21(31(2,3)4)15-16-25(24)36-5/h7-16,18-19,27,33H,6,17H2,1-5H3/b28-26+. The number of nitrogens with zero attached hydrogens (tertiary/aromatic N) is 1. The highest BCUT2D eigenvalue weighted by Gasteiger charge is 2.47. The van der Waals surface area contributed by atoms with Crippen LogP contribution in [0.1, 0.15) is 56.8 Å². The predicted molar refractivity (Wildman–Crippen MR) is 145 cm³/mol. The van der Waals surface area contributed by atoms with Gasteiger partial charge in [0.2, 0.25) is 0 Å². The van der Waals surface area contributed by atoms with Crippen molar-refractivity contribution in [3.63, 3.8) is 0 Å². The second-order valence-corrected chi connectivity index (χ2v) is 10.1. The molecule has 1 aliphatic rings. The average molecular weight is 500 g/mol. The molecule has 3 aromatic rings. The predicted octanol–water partition coefficient (Wildman–Crippen LogP) is 6.41. The fourth-order valence-electron chi connectivity index (χ4n) is 4.50. The van der Waals surface area contributed by atoms with Crippen molar-refractivity contribution >= 4 is 23.1 Å². The number of carbonyl (C=O) groups is 2. The van der Waals surface area contributed by atoms with Crippen molar-refractivity contribution in [2.75, 3.05) is 18.6 Å². The Morgan fingerprint density at radius 3 is 2.35 bits per heavy atom. The van der Waals surface area contributed by atoms with Gasteiger partial charge in [-0.3, -0.25) is 14.5 Å². The summed E-state index contributed by atoms with van der Waals surface area (Å²) in [7, 11) is 1.51. The lowest BCUT2D eigenvalue weighted by atomic mass is 9.85. The van der Waals surface area contributed by atoms with E-state index in [1.807, 2.05) is 55.5 Å². The van der Waals surface area contributed by atoms with Gasteiger partial charge in [0, 0.05) is 11.8 Å². The molecule has 1 N–H and O–H groups in total. The second kappa shape index (κ2) is 10.5. The number of hydrogen-bond donors (Lipinski definition) is 1. The summed E-state index contributed by atoms with van der Waals surface area (Å²) in [4.78, 5) is 28.5. The van der Waals surface area contributed by atoms with Crippen molar-refractivity contribution in [3.8, 4) is 11.5 Å². The number of amides is 1. The molecule has 0 radical (unpaired) electrons. The molecule has 1 atom stereocenters. The lowest BCUT2D eigenvalue weighted by molar-refractivity contribution is -0.132. The minimum absolute atomic E-state index is 0.0143. The molecule has 0 bridgehead atoms. The van der Waals surface area contributed by atoms with Crippen molar-refractivity contribution in [2.24, 2.45) is 0 Å². The van der Waals surface area contributed by atoms with Crippen molar-refractivity contribution in [3.05, 3.63) is 95.1 Å². The molecule has 1 unspecified atom stereocenters. The largest absolute Gasteiger partial charge is 0.507 e. The van der Waals surface area contributed by atoms with Crippen LogP contribution >= 0.6 is 0 Å². The molecule has 1 amide bonds. The Morgan fingerprint density at radius 1 is 0.973 bits per heavy atom. The Hall–Kier alpha value is -4.06. The average Bonchev–Trinajstić information content (AvgIpc) is 3.17. The summed E-state index contributed by atoms with van der Waals surface area (Å²) in [5.41, 5.74) is 2.36. The number of methoxy groups -OCH3 is 1. The third-order valence-corrected chi connectivity index (χ3v) is 6.45. The van der Waals surface area contributed by atoms with Gasteiger partial charge in [0.1, 0.15) is 17.3 Å². The van der Waals surface area contributed by atoms with Gasteiger partial charge in [-0.05, 0) is 47.2 Å². The number of carbonyl (C=O) groups excluding carboxylic acids is 2. The summed E-state index contributed by atoms with van der Waals surface area (Å²) < 4.78 is 11.3. The Labute approximate surface area is 218 Å². The minimum atomic E-state index is -0.828. The summed E-state index contributed by atoms with van der Waals surface area (Å²) >= 11 is 0. The highest BCUT2D eigenvalue weighted by Crippen LogP contribution is 2.44. The van der Waals surface area contributed by atoms with Crippen molar-refractivity contribution < 1.29 is 24.2 Å². The maximum atomic E-state index is 13.5. The Balaban J connectivity index is 1.94. The van der Waals surface area contributed by atoms with Gasteiger partial charge in [0.05, 0.1) is 30.9 Å². The third kappa shape index (κ3) is 5.10. The molecule has 6 nitrogen and oxygen atoms in total. The van der Waals surface area contributed by atoms with Crippen LogP contribution in [0.15, 0.2) is 78.4 Å². The molecular formula is C31H33NO5. The van der Waals surface area contributed by atoms with E-state index in [0.717, 1.165) is 12.0 Å². The maximum absolute atomic E-state index is 13.5. The van der Waals surface area contributed by atoms with E-state index in [9.17, 15) is 14.7 Å². The van der Waals surface area contributed by atoms with E-state index in [1.165, 1.54) is 12.0 Å². The van der Waals surface area contributed by atoms with Crippen LogP contribution in [0, 0.1) is 0 Å². The van der Waals surface area contributed by atoms with E-state index in [1.54, 1.807) is 24.3 Å². The lowest BCUT2D eigenvalue weighted by Gasteiger charge is -2.26. The number of rotatable bonds is 7. The smallest absolute Gasteiger partial charge is 0.300 e. The van der Waals surface area contributed by atoms with Gasteiger partial charge in [0.25, 0.3) is 11.7 Å². The quantitative estimate of drug-likeness (QED) is 0.231. The molecular weight excluding hydrogens is 466 g/mol. The van der Waals surface area contributed by atoms with Crippen LogP contribution in [0.2, 0.25) is 0 Å². The SMILES string of the molecule is CCCOc1cccc(N2C(=O)C(=O)/C(=C(/O)c3cc(C(C)(C)C)ccc3OC)C2c2ccccc2)c1.